The maximum atomic E-state index is 11.6. The van der Waals surface area contributed by atoms with E-state index in [0.29, 0.717) is 0 Å². The van der Waals surface area contributed by atoms with Gasteiger partial charge in [-0.25, -0.2) is 0 Å². The monoisotopic (exact) mass is 474 g/mol. The lowest BCUT2D eigenvalue weighted by Crippen LogP contribution is -2.15. The summed E-state index contributed by atoms with van der Waals surface area (Å²) in [7, 11) is 0. The van der Waals surface area contributed by atoms with Gasteiger partial charge in [-0.1, -0.05) is 0 Å². The smallest absolute Gasteiger partial charge is 0.305 e. The number of cyclic esters (lactones) is 6. The Morgan fingerprint density at radius 1 is 0.303 bits per heavy atom. The van der Waals surface area contributed by atoms with Crippen molar-refractivity contribution in [3.63, 3.8) is 0 Å². The highest BCUT2D eigenvalue weighted by molar-refractivity contribution is 5.74. The third kappa shape index (κ3) is 16.2. The van der Waals surface area contributed by atoms with Crippen molar-refractivity contribution in [3.05, 3.63) is 0 Å². The van der Waals surface area contributed by atoms with E-state index >= 15 is 0 Å². The second-order valence-corrected chi connectivity index (χ2v) is 6.88. The third-order valence-corrected chi connectivity index (χ3v) is 4.11. The second-order valence-electron chi connectivity index (χ2n) is 6.88. The number of rotatable bonds is 0. The molecule has 12 nitrogen and oxygen atoms in total. The summed E-state index contributed by atoms with van der Waals surface area (Å²) < 4.78 is 29.4. The molecule has 12 heteroatoms. The summed E-state index contributed by atoms with van der Waals surface area (Å²) in [6.45, 7) is -0.743. The Balaban J connectivity index is 2.40. The standard InChI is InChI=1S/C21H30O12/c22-16-4-1-5-17(23)29-11-13-31-19(25)7-3-9-21(27)33-15-14-32-20(26)8-2-6-18(24)30-12-10-28-16/h1-15H2. The van der Waals surface area contributed by atoms with Crippen molar-refractivity contribution < 1.29 is 57.2 Å². The largest absolute Gasteiger partial charge is 0.462 e. The Bertz CT molecular complexity index is 528. The van der Waals surface area contributed by atoms with Crippen LogP contribution in [0.15, 0.2) is 0 Å². The summed E-state index contributed by atoms with van der Waals surface area (Å²) >= 11 is 0. The van der Waals surface area contributed by atoms with Gasteiger partial charge in [-0.2, -0.15) is 0 Å². The molecule has 0 aliphatic carbocycles. The summed E-state index contributed by atoms with van der Waals surface area (Å²) in [5.74, 6) is -3.28. The van der Waals surface area contributed by atoms with E-state index in [1.54, 1.807) is 0 Å². The Hall–Kier alpha value is -3.18. The van der Waals surface area contributed by atoms with Gasteiger partial charge in [0.2, 0.25) is 0 Å². The molecule has 1 aliphatic heterocycles. The van der Waals surface area contributed by atoms with Crippen molar-refractivity contribution in [2.75, 3.05) is 39.6 Å². The van der Waals surface area contributed by atoms with Crippen LogP contribution in [0.1, 0.15) is 57.8 Å². The molecule has 1 aliphatic rings. The van der Waals surface area contributed by atoms with Crippen LogP contribution in [0.25, 0.3) is 0 Å². The molecule has 0 atom stereocenters. The number of esters is 6. The third-order valence-electron chi connectivity index (χ3n) is 4.11. The molecule has 0 aromatic carbocycles. The molecule has 33 heavy (non-hydrogen) atoms. The molecule has 0 spiro atoms. The molecular weight excluding hydrogens is 444 g/mol. The molecule has 0 radical (unpaired) electrons. The van der Waals surface area contributed by atoms with Crippen LogP contribution in [-0.2, 0) is 57.2 Å². The van der Waals surface area contributed by atoms with Crippen LogP contribution in [0.5, 0.6) is 0 Å². The first kappa shape index (κ1) is 27.9. The zero-order valence-electron chi connectivity index (χ0n) is 18.5. The minimum atomic E-state index is -0.546. The Morgan fingerprint density at radius 2 is 0.455 bits per heavy atom. The molecule has 0 aromatic heterocycles. The van der Waals surface area contributed by atoms with Crippen molar-refractivity contribution >= 4 is 35.8 Å². The average molecular weight is 474 g/mol. The highest BCUT2D eigenvalue weighted by Crippen LogP contribution is 2.04. The average Bonchev–Trinajstić information content (AvgIpc) is 2.77. The highest BCUT2D eigenvalue weighted by atomic mass is 16.6. The van der Waals surface area contributed by atoms with Crippen LogP contribution in [0, 0.1) is 0 Å². The van der Waals surface area contributed by atoms with Gasteiger partial charge < -0.3 is 28.4 Å². The minimum absolute atomic E-state index is 0.0113. The van der Waals surface area contributed by atoms with Gasteiger partial charge in [0.15, 0.2) is 0 Å². The normalized spacial score (nSPS) is 20.7. The first-order chi connectivity index (χ1) is 15.9. The van der Waals surface area contributed by atoms with Crippen molar-refractivity contribution in [2.45, 2.75) is 57.8 Å². The number of hydrogen-bond acceptors (Lipinski definition) is 12. The van der Waals surface area contributed by atoms with E-state index in [2.05, 4.69) is 0 Å². The fraction of sp³-hybridized carbons (Fsp3) is 0.714. The molecule has 0 aromatic rings. The number of hydrogen-bond donors (Lipinski definition) is 0. The van der Waals surface area contributed by atoms with E-state index in [-0.39, 0.29) is 97.4 Å². The Kier molecular flexibility index (Phi) is 14.7. The van der Waals surface area contributed by atoms with Gasteiger partial charge in [-0.3, -0.25) is 28.8 Å². The lowest BCUT2D eigenvalue weighted by molar-refractivity contribution is -0.154. The summed E-state index contributed by atoms with van der Waals surface area (Å²) in [6.07, 6.45) is 0.567. The molecule has 1 rings (SSSR count). The first-order valence-electron chi connectivity index (χ1n) is 10.8. The fourth-order valence-electron chi connectivity index (χ4n) is 2.50. The van der Waals surface area contributed by atoms with Crippen molar-refractivity contribution in [1.29, 1.82) is 0 Å². The van der Waals surface area contributed by atoms with Crippen LogP contribution in [0.3, 0.4) is 0 Å². The van der Waals surface area contributed by atoms with Gasteiger partial charge in [0.1, 0.15) is 39.6 Å². The molecule has 0 unspecified atom stereocenters. The van der Waals surface area contributed by atoms with Gasteiger partial charge >= 0.3 is 35.8 Å². The minimum Gasteiger partial charge on any atom is -0.462 e. The van der Waals surface area contributed by atoms with E-state index in [1.165, 1.54) is 0 Å². The predicted octanol–water partition coefficient (Wildman–Crippen LogP) is 0.770. The SMILES string of the molecule is O=C1CCCC(=O)OCCOC(=O)CCCC(=O)OCCOC(=O)CCCC(=O)OCCO1. The summed E-state index contributed by atoms with van der Waals surface area (Å²) in [4.78, 5) is 69.6. The van der Waals surface area contributed by atoms with Gasteiger partial charge in [0.25, 0.3) is 0 Å². The van der Waals surface area contributed by atoms with Gasteiger partial charge in [0, 0.05) is 38.5 Å². The van der Waals surface area contributed by atoms with E-state index in [0.717, 1.165) is 0 Å². The van der Waals surface area contributed by atoms with Crippen LogP contribution in [-0.4, -0.2) is 75.5 Å². The van der Waals surface area contributed by atoms with Crippen molar-refractivity contribution in [3.8, 4) is 0 Å². The maximum absolute atomic E-state index is 11.6. The summed E-state index contributed by atoms with van der Waals surface area (Å²) in [5.41, 5.74) is 0. The van der Waals surface area contributed by atoms with Gasteiger partial charge in [-0.05, 0) is 19.3 Å². The number of carbonyl (C=O) groups excluding carboxylic acids is 6. The molecular formula is C21H30O12. The van der Waals surface area contributed by atoms with Crippen LogP contribution in [0.4, 0.5) is 0 Å². The predicted molar refractivity (Wildman–Crippen MR) is 107 cm³/mol. The molecule has 1 heterocycles. The van der Waals surface area contributed by atoms with Crippen LogP contribution < -0.4 is 0 Å². The lowest BCUT2D eigenvalue weighted by atomic mass is 10.2. The van der Waals surface area contributed by atoms with Crippen molar-refractivity contribution in [1.82, 2.24) is 0 Å². The lowest BCUT2D eigenvalue weighted by Gasteiger charge is -2.07. The van der Waals surface area contributed by atoms with Crippen LogP contribution >= 0.6 is 0 Å². The molecule has 186 valence electrons. The Morgan fingerprint density at radius 3 is 0.606 bits per heavy atom. The van der Waals surface area contributed by atoms with Crippen LogP contribution in [0.2, 0.25) is 0 Å². The molecule has 1 fully saturated rings. The van der Waals surface area contributed by atoms with E-state index in [1.807, 2.05) is 0 Å². The molecule has 0 saturated carbocycles. The van der Waals surface area contributed by atoms with Gasteiger partial charge in [-0.15, -0.1) is 0 Å². The highest BCUT2D eigenvalue weighted by Gasteiger charge is 2.12. The quantitative estimate of drug-likeness (QED) is 0.359. The first-order valence-corrected chi connectivity index (χ1v) is 10.8. The maximum Gasteiger partial charge on any atom is 0.305 e. The van der Waals surface area contributed by atoms with E-state index < -0.39 is 35.8 Å². The second kappa shape index (κ2) is 17.4. The fourth-order valence-corrected chi connectivity index (χ4v) is 2.50. The van der Waals surface area contributed by atoms with E-state index in [4.69, 9.17) is 28.4 Å². The Labute approximate surface area is 191 Å². The van der Waals surface area contributed by atoms with Crippen molar-refractivity contribution in [2.24, 2.45) is 0 Å². The summed E-state index contributed by atoms with van der Waals surface area (Å²) in [5, 5.41) is 0. The zero-order chi connectivity index (χ0) is 24.3. The zero-order valence-corrected chi connectivity index (χ0v) is 18.5. The topological polar surface area (TPSA) is 158 Å². The van der Waals surface area contributed by atoms with E-state index in [9.17, 15) is 28.8 Å². The number of ether oxygens (including phenoxy) is 6. The molecule has 1 saturated heterocycles. The molecule has 0 N–H and O–H groups in total. The molecule has 0 amide bonds. The summed E-state index contributed by atoms with van der Waals surface area (Å²) in [6, 6.07) is 0. The molecule has 0 bridgehead atoms. The van der Waals surface area contributed by atoms with Gasteiger partial charge in [0.05, 0.1) is 0 Å². The number of carbonyl (C=O) groups is 6.